The van der Waals surface area contributed by atoms with Gasteiger partial charge in [0.15, 0.2) is 5.16 Å². The standard InChI is InChI=1S/C21H19N5O2S/c1-14-7-5-6-8-15(14)13-29-21-25-24-18(26(21)17-9-3-2-4-10-17)11-16-12-19(27)23-20(28)22-16/h2-10,12H,11,13H2,1H3,(H2,22,23,27,28). The van der Waals surface area contributed by atoms with E-state index in [0.29, 0.717) is 11.5 Å². The number of hydrogen-bond donors (Lipinski definition) is 2. The summed E-state index contributed by atoms with van der Waals surface area (Å²) in [6, 6.07) is 19.4. The minimum atomic E-state index is -0.535. The second-order valence-electron chi connectivity index (χ2n) is 6.57. The van der Waals surface area contributed by atoms with E-state index in [0.717, 1.165) is 16.6 Å². The fraction of sp³-hybridized carbons (Fsp3) is 0.143. The van der Waals surface area contributed by atoms with Gasteiger partial charge in [-0.05, 0) is 30.2 Å². The molecule has 2 N–H and O–H groups in total. The van der Waals surface area contributed by atoms with Crippen LogP contribution in [0.25, 0.3) is 5.69 Å². The molecule has 7 nitrogen and oxygen atoms in total. The average molecular weight is 405 g/mol. The van der Waals surface area contributed by atoms with Crippen molar-refractivity contribution < 1.29 is 0 Å². The lowest BCUT2D eigenvalue weighted by Gasteiger charge is -2.11. The molecule has 0 saturated heterocycles. The van der Waals surface area contributed by atoms with Crippen molar-refractivity contribution in [3.05, 3.63) is 104 Å². The molecule has 0 unspecified atom stereocenters. The molecule has 0 radical (unpaired) electrons. The van der Waals surface area contributed by atoms with Crippen LogP contribution in [0.4, 0.5) is 0 Å². The van der Waals surface area contributed by atoms with E-state index in [1.54, 1.807) is 11.8 Å². The Morgan fingerprint density at radius 1 is 0.966 bits per heavy atom. The summed E-state index contributed by atoms with van der Waals surface area (Å²) in [7, 11) is 0. The molecule has 0 amide bonds. The van der Waals surface area contributed by atoms with Gasteiger partial charge in [-0.3, -0.25) is 14.3 Å². The van der Waals surface area contributed by atoms with Crippen molar-refractivity contribution in [2.24, 2.45) is 0 Å². The van der Waals surface area contributed by atoms with E-state index in [9.17, 15) is 9.59 Å². The van der Waals surface area contributed by atoms with Crippen LogP contribution in [-0.2, 0) is 12.2 Å². The number of aromatic amines is 2. The number of H-pyrrole nitrogens is 2. The first-order valence-electron chi connectivity index (χ1n) is 9.10. The first kappa shape index (κ1) is 18.9. The summed E-state index contributed by atoms with van der Waals surface area (Å²) in [6.45, 7) is 2.09. The van der Waals surface area contributed by atoms with E-state index in [1.165, 1.54) is 17.2 Å². The van der Waals surface area contributed by atoms with Gasteiger partial charge in [0.2, 0.25) is 0 Å². The Bertz CT molecular complexity index is 1220. The maximum Gasteiger partial charge on any atom is 0.325 e. The van der Waals surface area contributed by atoms with Crippen molar-refractivity contribution in [1.82, 2.24) is 24.7 Å². The molecule has 0 fully saturated rings. The number of benzene rings is 2. The zero-order valence-electron chi connectivity index (χ0n) is 15.8. The van der Waals surface area contributed by atoms with Gasteiger partial charge in [-0.25, -0.2) is 4.79 Å². The molecule has 0 aliphatic carbocycles. The Morgan fingerprint density at radius 2 is 1.72 bits per heavy atom. The molecule has 2 heterocycles. The first-order chi connectivity index (χ1) is 14.1. The molecule has 0 aliphatic rings. The maximum atomic E-state index is 11.6. The number of rotatable bonds is 6. The van der Waals surface area contributed by atoms with Crippen LogP contribution in [-0.4, -0.2) is 24.7 Å². The van der Waals surface area contributed by atoms with E-state index >= 15 is 0 Å². The second-order valence-corrected chi connectivity index (χ2v) is 7.52. The van der Waals surface area contributed by atoms with Crippen molar-refractivity contribution >= 4 is 11.8 Å². The molecular weight excluding hydrogens is 386 g/mol. The molecule has 0 atom stereocenters. The van der Waals surface area contributed by atoms with Gasteiger partial charge in [0.25, 0.3) is 5.56 Å². The number of nitrogens with one attached hydrogen (secondary N) is 2. The van der Waals surface area contributed by atoms with E-state index < -0.39 is 11.2 Å². The van der Waals surface area contributed by atoms with E-state index in [4.69, 9.17) is 0 Å². The fourth-order valence-corrected chi connectivity index (χ4v) is 4.09. The Labute approximate surface area is 170 Å². The quantitative estimate of drug-likeness (QED) is 0.481. The highest BCUT2D eigenvalue weighted by atomic mass is 32.2. The Balaban J connectivity index is 1.69. The SMILES string of the molecule is Cc1ccccc1CSc1nnc(Cc2cc(=O)[nH]c(=O)[nH]2)n1-c1ccccc1. The minimum absolute atomic E-state index is 0.284. The van der Waals surface area contributed by atoms with Crippen LogP contribution in [0.5, 0.6) is 0 Å². The smallest absolute Gasteiger partial charge is 0.311 e. The van der Waals surface area contributed by atoms with Gasteiger partial charge in [0.05, 0.1) is 0 Å². The van der Waals surface area contributed by atoms with Gasteiger partial charge in [-0.1, -0.05) is 54.2 Å². The summed E-state index contributed by atoms with van der Waals surface area (Å²) >= 11 is 1.60. The van der Waals surface area contributed by atoms with Crippen molar-refractivity contribution in [1.29, 1.82) is 0 Å². The average Bonchev–Trinajstić information content (AvgIpc) is 3.09. The van der Waals surface area contributed by atoms with Crippen LogP contribution in [0, 0.1) is 6.92 Å². The molecule has 29 heavy (non-hydrogen) atoms. The highest BCUT2D eigenvalue weighted by Gasteiger charge is 2.16. The van der Waals surface area contributed by atoms with E-state index in [1.807, 2.05) is 47.0 Å². The summed E-state index contributed by atoms with van der Waals surface area (Å²) in [4.78, 5) is 28.1. The van der Waals surface area contributed by atoms with Crippen molar-refractivity contribution in [2.45, 2.75) is 24.3 Å². The van der Waals surface area contributed by atoms with Crippen molar-refractivity contribution in [2.75, 3.05) is 0 Å². The maximum absolute atomic E-state index is 11.6. The summed E-state index contributed by atoms with van der Waals surface area (Å²) in [6.07, 6.45) is 0.284. The van der Waals surface area contributed by atoms with Crippen LogP contribution in [0.15, 0.2) is 75.4 Å². The van der Waals surface area contributed by atoms with Crippen molar-refractivity contribution in [3.8, 4) is 5.69 Å². The summed E-state index contributed by atoms with van der Waals surface area (Å²) in [5.74, 6) is 1.41. The Hall–Kier alpha value is -3.39. The third-order valence-corrected chi connectivity index (χ3v) is 5.48. The lowest BCUT2D eigenvalue weighted by molar-refractivity contribution is 0.829. The van der Waals surface area contributed by atoms with Crippen LogP contribution in [0.2, 0.25) is 0 Å². The number of hydrogen-bond acceptors (Lipinski definition) is 5. The van der Waals surface area contributed by atoms with Gasteiger partial charge >= 0.3 is 5.69 Å². The van der Waals surface area contributed by atoms with Crippen LogP contribution in [0.3, 0.4) is 0 Å². The highest BCUT2D eigenvalue weighted by Crippen LogP contribution is 2.26. The van der Waals surface area contributed by atoms with E-state index in [2.05, 4.69) is 39.2 Å². The third kappa shape index (κ3) is 4.38. The predicted molar refractivity (Wildman–Crippen MR) is 113 cm³/mol. The Morgan fingerprint density at radius 3 is 2.48 bits per heavy atom. The molecule has 4 aromatic rings. The summed E-state index contributed by atoms with van der Waals surface area (Å²) in [5.41, 5.74) is 2.90. The molecule has 0 saturated carbocycles. The Kier molecular flexibility index (Phi) is 5.44. The predicted octanol–water partition coefficient (Wildman–Crippen LogP) is 2.84. The van der Waals surface area contributed by atoms with Crippen LogP contribution >= 0.6 is 11.8 Å². The molecule has 2 aromatic carbocycles. The largest absolute Gasteiger partial charge is 0.325 e. The van der Waals surface area contributed by atoms with Gasteiger partial charge in [0.1, 0.15) is 5.82 Å². The number of aryl methyl sites for hydroxylation is 1. The fourth-order valence-electron chi connectivity index (χ4n) is 3.04. The lowest BCUT2D eigenvalue weighted by Crippen LogP contribution is -2.23. The summed E-state index contributed by atoms with van der Waals surface area (Å²) in [5, 5.41) is 9.47. The van der Waals surface area contributed by atoms with Gasteiger partial charge in [0, 0.05) is 29.6 Å². The lowest BCUT2D eigenvalue weighted by atomic mass is 10.1. The molecule has 4 rings (SSSR count). The third-order valence-electron chi connectivity index (χ3n) is 4.50. The first-order valence-corrected chi connectivity index (χ1v) is 10.1. The van der Waals surface area contributed by atoms with Gasteiger partial charge in [-0.2, -0.15) is 0 Å². The topological polar surface area (TPSA) is 96.4 Å². The van der Waals surface area contributed by atoms with Gasteiger partial charge in [-0.15, -0.1) is 10.2 Å². The molecule has 0 bridgehead atoms. The molecular formula is C21H19N5O2S. The zero-order valence-corrected chi connectivity index (χ0v) is 16.6. The van der Waals surface area contributed by atoms with Crippen LogP contribution in [0.1, 0.15) is 22.6 Å². The molecule has 8 heteroatoms. The summed E-state index contributed by atoms with van der Waals surface area (Å²) < 4.78 is 1.96. The minimum Gasteiger partial charge on any atom is -0.311 e. The number of para-hydroxylation sites is 1. The zero-order chi connectivity index (χ0) is 20.2. The molecule has 0 aliphatic heterocycles. The van der Waals surface area contributed by atoms with Crippen molar-refractivity contribution in [3.63, 3.8) is 0 Å². The van der Waals surface area contributed by atoms with Gasteiger partial charge < -0.3 is 4.98 Å². The van der Waals surface area contributed by atoms with E-state index in [-0.39, 0.29) is 6.42 Å². The molecule has 2 aromatic heterocycles. The normalized spacial score (nSPS) is 10.9. The molecule has 0 spiro atoms. The second kappa shape index (κ2) is 8.32. The number of aromatic nitrogens is 5. The molecule has 146 valence electrons. The number of thioether (sulfide) groups is 1. The van der Waals surface area contributed by atoms with Crippen LogP contribution < -0.4 is 11.2 Å². The monoisotopic (exact) mass is 405 g/mol. The highest BCUT2D eigenvalue weighted by molar-refractivity contribution is 7.98. The number of nitrogens with zero attached hydrogens (tertiary/aromatic N) is 3.